The van der Waals surface area contributed by atoms with Crippen LogP contribution in [0.5, 0.6) is 5.75 Å². The lowest BCUT2D eigenvalue weighted by molar-refractivity contribution is -0.133. The summed E-state index contributed by atoms with van der Waals surface area (Å²) in [6.07, 6.45) is 2.93. The van der Waals surface area contributed by atoms with Gasteiger partial charge in [-0.2, -0.15) is 4.31 Å². The summed E-state index contributed by atoms with van der Waals surface area (Å²) >= 11 is 0. The Bertz CT molecular complexity index is 1090. The van der Waals surface area contributed by atoms with Gasteiger partial charge in [-0.1, -0.05) is 18.2 Å². The molecule has 2 aliphatic heterocycles. The number of aromatic hydroxyl groups is 1. The number of hydrogen-bond donors (Lipinski definition) is 1. The van der Waals surface area contributed by atoms with Crippen LogP contribution in [0, 0.1) is 5.82 Å². The molecule has 1 N–H and O–H groups in total. The Hall–Kier alpha value is -2.75. The average Bonchev–Trinajstić information content (AvgIpc) is 2.80. The fraction of sp³-hybridized carbons (Fsp3) is 0.348. The van der Waals surface area contributed by atoms with Gasteiger partial charge in [0.2, 0.25) is 15.9 Å². The molecule has 1 saturated heterocycles. The highest BCUT2D eigenvalue weighted by Crippen LogP contribution is 2.24. The minimum Gasteiger partial charge on any atom is -0.508 e. The highest BCUT2D eigenvalue weighted by atomic mass is 32.2. The molecule has 0 saturated carbocycles. The van der Waals surface area contributed by atoms with Crippen molar-refractivity contribution in [3.8, 4) is 5.75 Å². The van der Waals surface area contributed by atoms with E-state index in [0.717, 1.165) is 30.7 Å². The first-order chi connectivity index (χ1) is 15.3. The summed E-state index contributed by atoms with van der Waals surface area (Å²) in [6, 6.07) is 11.9. The molecule has 2 aromatic rings. The van der Waals surface area contributed by atoms with Gasteiger partial charge in [0, 0.05) is 39.3 Å². The van der Waals surface area contributed by atoms with Crippen LogP contribution in [-0.4, -0.2) is 79.3 Å². The number of halogens is 1. The molecule has 7 nitrogen and oxygen atoms in total. The van der Waals surface area contributed by atoms with Gasteiger partial charge in [-0.3, -0.25) is 9.69 Å². The number of carbonyl (C=O) groups is 1. The number of piperazine rings is 1. The lowest BCUT2D eigenvalue weighted by Crippen LogP contribution is -2.52. The van der Waals surface area contributed by atoms with Gasteiger partial charge in [-0.15, -0.1) is 0 Å². The molecule has 0 aliphatic carbocycles. The molecule has 0 spiro atoms. The molecular formula is C23H26FN3O4S. The molecule has 0 atom stereocenters. The summed E-state index contributed by atoms with van der Waals surface area (Å²) in [6.45, 7) is 2.83. The first kappa shape index (κ1) is 22.4. The smallest absolute Gasteiger partial charge is 0.243 e. The van der Waals surface area contributed by atoms with Crippen LogP contribution in [-0.2, 0) is 14.8 Å². The summed E-state index contributed by atoms with van der Waals surface area (Å²) < 4.78 is 39.9. The van der Waals surface area contributed by atoms with Gasteiger partial charge in [0.05, 0.1) is 11.4 Å². The lowest BCUT2D eigenvalue weighted by Gasteiger charge is -2.35. The molecule has 2 aromatic carbocycles. The third-order valence-electron chi connectivity index (χ3n) is 5.93. The van der Waals surface area contributed by atoms with Crippen molar-refractivity contribution in [1.29, 1.82) is 0 Å². The minimum atomic E-state index is -3.70. The Labute approximate surface area is 187 Å². The van der Waals surface area contributed by atoms with Crippen LogP contribution in [0.2, 0.25) is 0 Å². The van der Waals surface area contributed by atoms with E-state index < -0.39 is 15.8 Å². The zero-order valence-electron chi connectivity index (χ0n) is 17.7. The molecule has 0 radical (unpaired) electrons. The summed E-state index contributed by atoms with van der Waals surface area (Å²) in [5.41, 5.74) is 2.28. The van der Waals surface area contributed by atoms with Crippen molar-refractivity contribution in [3.05, 3.63) is 66.0 Å². The Morgan fingerprint density at radius 3 is 2.19 bits per heavy atom. The molecule has 1 fully saturated rings. The number of hydrogen-bond acceptors (Lipinski definition) is 5. The van der Waals surface area contributed by atoms with Crippen molar-refractivity contribution >= 4 is 21.5 Å². The van der Waals surface area contributed by atoms with Gasteiger partial charge in [-0.25, -0.2) is 12.8 Å². The fourth-order valence-corrected chi connectivity index (χ4v) is 5.44. The van der Waals surface area contributed by atoms with Crippen LogP contribution >= 0.6 is 0 Å². The maximum absolute atomic E-state index is 13.1. The molecule has 2 aliphatic rings. The van der Waals surface area contributed by atoms with E-state index in [0.29, 0.717) is 26.2 Å². The third-order valence-corrected chi connectivity index (χ3v) is 7.85. The molecule has 170 valence electrons. The van der Waals surface area contributed by atoms with Crippen LogP contribution in [0.3, 0.4) is 0 Å². The van der Waals surface area contributed by atoms with Crippen molar-refractivity contribution in [1.82, 2.24) is 14.1 Å². The van der Waals surface area contributed by atoms with E-state index in [4.69, 9.17) is 0 Å². The van der Waals surface area contributed by atoms with Crippen LogP contribution in [0.4, 0.5) is 4.39 Å². The van der Waals surface area contributed by atoms with Gasteiger partial charge < -0.3 is 10.0 Å². The molecule has 0 unspecified atom stereocenters. The quantitative estimate of drug-likeness (QED) is 0.741. The maximum atomic E-state index is 13.1. The predicted octanol–water partition coefficient (Wildman–Crippen LogP) is 2.15. The standard InChI is InChI=1S/C23H26FN3O4S/c24-20-3-7-22(8-4-20)32(30,31)27-15-13-26(14-16-27)23(29)17-25-11-9-19(10-12-25)18-1-5-21(28)6-2-18/h1-9,28H,10-17H2. The monoisotopic (exact) mass is 459 g/mol. The van der Waals surface area contributed by atoms with E-state index in [9.17, 15) is 22.7 Å². The Morgan fingerprint density at radius 2 is 1.59 bits per heavy atom. The number of carbonyl (C=O) groups excluding carboxylic acids is 1. The minimum absolute atomic E-state index is 0.00897. The summed E-state index contributed by atoms with van der Waals surface area (Å²) in [7, 11) is -3.70. The SMILES string of the molecule is O=C(CN1CC=C(c2ccc(O)cc2)CC1)N1CCN(S(=O)(=O)c2ccc(F)cc2)CC1. The van der Waals surface area contributed by atoms with Crippen LogP contribution in [0.25, 0.3) is 5.57 Å². The fourth-order valence-electron chi connectivity index (χ4n) is 4.02. The van der Waals surface area contributed by atoms with Crippen molar-refractivity contribution in [2.24, 2.45) is 0 Å². The van der Waals surface area contributed by atoms with E-state index in [1.165, 1.54) is 22.0 Å². The molecule has 4 rings (SSSR count). The highest BCUT2D eigenvalue weighted by Gasteiger charge is 2.30. The molecule has 0 bridgehead atoms. The second kappa shape index (κ2) is 9.40. The van der Waals surface area contributed by atoms with E-state index in [-0.39, 0.29) is 29.6 Å². The molecule has 1 amide bonds. The van der Waals surface area contributed by atoms with Gasteiger partial charge >= 0.3 is 0 Å². The Kier molecular flexibility index (Phi) is 6.59. The van der Waals surface area contributed by atoms with Gasteiger partial charge in [0.25, 0.3) is 0 Å². The van der Waals surface area contributed by atoms with Crippen molar-refractivity contribution in [3.63, 3.8) is 0 Å². The van der Waals surface area contributed by atoms with Crippen molar-refractivity contribution in [2.45, 2.75) is 11.3 Å². The Balaban J connectivity index is 1.29. The van der Waals surface area contributed by atoms with E-state index in [1.54, 1.807) is 17.0 Å². The topological polar surface area (TPSA) is 81.2 Å². The predicted molar refractivity (Wildman–Crippen MR) is 119 cm³/mol. The van der Waals surface area contributed by atoms with Crippen molar-refractivity contribution in [2.75, 3.05) is 45.8 Å². The lowest BCUT2D eigenvalue weighted by atomic mass is 9.99. The first-order valence-electron chi connectivity index (χ1n) is 10.6. The van der Waals surface area contributed by atoms with Crippen LogP contribution in [0.1, 0.15) is 12.0 Å². The molecule has 2 heterocycles. The Morgan fingerprint density at radius 1 is 0.938 bits per heavy atom. The van der Waals surface area contributed by atoms with Gasteiger partial charge in [0.1, 0.15) is 11.6 Å². The van der Waals surface area contributed by atoms with E-state index in [1.807, 2.05) is 12.1 Å². The molecule has 32 heavy (non-hydrogen) atoms. The van der Waals surface area contributed by atoms with Gasteiger partial charge in [-0.05, 0) is 54.0 Å². The number of nitrogens with zero attached hydrogens (tertiary/aromatic N) is 3. The normalized spacial score (nSPS) is 18.4. The average molecular weight is 460 g/mol. The van der Waals surface area contributed by atoms with E-state index >= 15 is 0 Å². The number of phenols is 1. The maximum Gasteiger partial charge on any atom is 0.243 e. The van der Waals surface area contributed by atoms with Gasteiger partial charge in [0.15, 0.2) is 0 Å². The summed E-state index contributed by atoms with van der Waals surface area (Å²) in [5, 5.41) is 9.43. The number of amides is 1. The van der Waals surface area contributed by atoms with Crippen molar-refractivity contribution < 1.29 is 22.7 Å². The first-order valence-corrected chi connectivity index (χ1v) is 12.0. The zero-order chi connectivity index (χ0) is 22.7. The van der Waals surface area contributed by atoms with Crippen LogP contribution < -0.4 is 0 Å². The summed E-state index contributed by atoms with van der Waals surface area (Å²) in [4.78, 5) is 16.6. The van der Waals surface area contributed by atoms with E-state index in [2.05, 4.69) is 11.0 Å². The number of phenolic OH excluding ortho intramolecular Hbond substituents is 1. The van der Waals surface area contributed by atoms with Crippen LogP contribution in [0.15, 0.2) is 59.5 Å². The molecule has 0 aromatic heterocycles. The number of rotatable bonds is 5. The number of sulfonamides is 1. The summed E-state index contributed by atoms with van der Waals surface area (Å²) in [5.74, 6) is -0.254. The zero-order valence-corrected chi connectivity index (χ0v) is 18.5. The second-order valence-electron chi connectivity index (χ2n) is 8.00. The molecular weight excluding hydrogens is 433 g/mol. The second-order valence-corrected chi connectivity index (χ2v) is 9.94. The molecule has 9 heteroatoms. The third kappa shape index (κ3) is 5.01. The number of benzene rings is 2. The highest BCUT2D eigenvalue weighted by molar-refractivity contribution is 7.89. The largest absolute Gasteiger partial charge is 0.508 e.